The quantitative estimate of drug-likeness (QED) is 0.570. The number of likely N-dealkylation sites (N-methyl/N-ethyl adjacent to an activating group) is 1. The van der Waals surface area contributed by atoms with E-state index in [9.17, 15) is 0 Å². The van der Waals surface area contributed by atoms with Gasteiger partial charge in [0.1, 0.15) is 0 Å². The first kappa shape index (κ1) is 17.4. The Bertz CT molecular complexity index is 171. The van der Waals surface area contributed by atoms with Crippen LogP contribution in [-0.4, -0.2) is 55.4 Å². The van der Waals surface area contributed by atoms with Crippen LogP contribution >= 0.6 is 15.9 Å². The highest BCUT2D eigenvalue weighted by molar-refractivity contribution is 9.09. The normalized spacial score (nSPS) is 12.7. The first-order valence-corrected chi connectivity index (χ1v) is 8.08. The van der Waals surface area contributed by atoms with Crippen molar-refractivity contribution in [3.63, 3.8) is 0 Å². The summed E-state index contributed by atoms with van der Waals surface area (Å²) >= 11 is 3.72. The van der Waals surface area contributed by atoms with Gasteiger partial charge in [-0.2, -0.15) is 0 Å². The van der Waals surface area contributed by atoms with E-state index in [2.05, 4.69) is 60.6 Å². The SMILES string of the molecule is CCCN(CCN(C)C)CC(CC)(CC)CBr. The van der Waals surface area contributed by atoms with Gasteiger partial charge in [-0.1, -0.05) is 36.7 Å². The first-order chi connectivity index (χ1) is 8.03. The van der Waals surface area contributed by atoms with E-state index in [1.54, 1.807) is 0 Å². The molecule has 0 atom stereocenters. The van der Waals surface area contributed by atoms with Crippen molar-refractivity contribution in [2.24, 2.45) is 5.41 Å². The molecule has 17 heavy (non-hydrogen) atoms. The second-order valence-corrected chi connectivity index (χ2v) is 5.98. The zero-order valence-electron chi connectivity index (χ0n) is 12.4. The molecule has 0 amide bonds. The van der Waals surface area contributed by atoms with Crippen LogP contribution in [0, 0.1) is 5.41 Å². The third-order valence-corrected chi connectivity index (χ3v) is 4.94. The van der Waals surface area contributed by atoms with E-state index in [0.29, 0.717) is 5.41 Å². The Labute approximate surface area is 117 Å². The Hall–Kier alpha value is 0.400. The molecule has 0 aromatic heterocycles. The van der Waals surface area contributed by atoms with Crippen molar-refractivity contribution < 1.29 is 0 Å². The molecule has 0 aromatic carbocycles. The summed E-state index contributed by atoms with van der Waals surface area (Å²) in [7, 11) is 4.31. The van der Waals surface area contributed by atoms with Crippen LogP contribution in [0.5, 0.6) is 0 Å². The van der Waals surface area contributed by atoms with Gasteiger partial charge in [0.2, 0.25) is 0 Å². The molecule has 0 aromatic rings. The molecule has 0 aliphatic carbocycles. The fourth-order valence-corrected chi connectivity index (χ4v) is 3.08. The van der Waals surface area contributed by atoms with E-state index in [4.69, 9.17) is 0 Å². The lowest BCUT2D eigenvalue weighted by molar-refractivity contribution is 0.148. The Morgan fingerprint density at radius 2 is 1.53 bits per heavy atom. The van der Waals surface area contributed by atoms with Gasteiger partial charge in [-0.3, -0.25) is 0 Å². The van der Waals surface area contributed by atoms with E-state index < -0.39 is 0 Å². The lowest BCUT2D eigenvalue weighted by atomic mass is 9.84. The number of rotatable bonds is 10. The van der Waals surface area contributed by atoms with Gasteiger partial charge in [-0.25, -0.2) is 0 Å². The van der Waals surface area contributed by atoms with Crippen LogP contribution in [0.3, 0.4) is 0 Å². The predicted octanol–water partition coefficient (Wildman–Crippen LogP) is 3.46. The van der Waals surface area contributed by atoms with Crippen molar-refractivity contribution in [2.75, 3.05) is 45.6 Å². The average Bonchev–Trinajstić information content (AvgIpc) is 2.33. The summed E-state index contributed by atoms with van der Waals surface area (Å²) in [6.45, 7) is 11.7. The minimum absolute atomic E-state index is 0.460. The minimum Gasteiger partial charge on any atom is -0.308 e. The van der Waals surface area contributed by atoms with E-state index in [1.165, 1.54) is 38.9 Å². The van der Waals surface area contributed by atoms with Crippen molar-refractivity contribution >= 4 is 15.9 Å². The maximum absolute atomic E-state index is 3.72. The van der Waals surface area contributed by atoms with Gasteiger partial charge < -0.3 is 9.80 Å². The van der Waals surface area contributed by atoms with Crippen LogP contribution in [-0.2, 0) is 0 Å². The molecule has 0 aliphatic rings. The Morgan fingerprint density at radius 1 is 0.941 bits per heavy atom. The van der Waals surface area contributed by atoms with E-state index in [0.717, 1.165) is 11.9 Å². The molecule has 0 saturated heterocycles. The van der Waals surface area contributed by atoms with Gasteiger partial charge >= 0.3 is 0 Å². The molecule has 3 heteroatoms. The Balaban J connectivity index is 4.38. The summed E-state index contributed by atoms with van der Waals surface area (Å²) in [5.74, 6) is 0. The second kappa shape index (κ2) is 9.35. The fraction of sp³-hybridized carbons (Fsp3) is 1.00. The third-order valence-electron chi connectivity index (χ3n) is 3.75. The highest BCUT2D eigenvalue weighted by atomic mass is 79.9. The van der Waals surface area contributed by atoms with Crippen LogP contribution < -0.4 is 0 Å². The monoisotopic (exact) mass is 306 g/mol. The van der Waals surface area contributed by atoms with Crippen molar-refractivity contribution in [1.29, 1.82) is 0 Å². The molecular formula is C14H31BrN2. The number of hydrogen-bond acceptors (Lipinski definition) is 2. The van der Waals surface area contributed by atoms with Crippen molar-refractivity contribution in [3.8, 4) is 0 Å². The van der Waals surface area contributed by atoms with E-state index >= 15 is 0 Å². The number of alkyl halides is 1. The summed E-state index contributed by atoms with van der Waals surface area (Å²) in [5, 5.41) is 1.12. The Kier molecular flexibility index (Phi) is 9.57. The lowest BCUT2D eigenvalue weighted by Crippen LogP contribution is -2.41. The molecule has 0 spiro atoms. The predicted molar refractivity (Wildman–Crippen MR) is 82.1 cm³/mol. The highest BCUT2D eigenvalue weighted by Crippen LogP contribution is 2.29. The van der Waals surface area contributed by atoms with E-state index in [1.807, 2.05) is 0 Å². The largest absolute Gasteiger partial charge is 0.308 e. The number of nitrogens with zero attached hydrogens (tertiary/aromatic N) is 2. The topological polar surface area (TPSA) is 6.48 Å². The van der Waals surface area contributed by atoms with Crippen molar-refractivity contribution in [3.05, 3.63) is 0 Å². The van der Waals surface area contributed by atoms with Gasteiger partial charge in [-0.15, -0.1) is 0 Å². The van der Waals surface area contributed by atoms with Gasteiger partial charge in [0.25, 0.3) is 0 Å². The van der Waals surface area contributed by atoms with Crippen LogP contribution in [0.25, 0.3) is 0 Å². The highest BCUT2D eigenvalue weighted by Gasteiger charge is 2.27. The molecular weight excluding hydrogens is 276 g/mol. The maximum atomic E-state index is 3.72. The molecule has 104 valence electrons. The lowest BCUT2D eigenvalue weighted by Gasteiger charge is -2.36. The molecule has 0 heterocycles. The van der Waals surface area contributed by atoms with Gasteiger partial charge in [0.05, 0.1) is 0 Å². The summed E-state index contributed by atoms with van der Waals surface area (Å²) in [5.41, 5.74) is 0.460. The van der Waals surface area contributed by atoms with Crippen LogP contribution in [0.4, 0.5) is 0 Å². The second-order valence-electron chi connectivity index (χ2n) is 5.42. The fourth-order valence-electron chi connectivity index (χ4n) is 2.11. The molecule has 0 rings (SSSR count). The van der Waals surface area contributed by atoms with E-state index in [-0.39, 0.29) is 0 Å². The minimum atomic E-state index is 0.460. The standard InChI is InChI=1S/C14H31BrN2/c1-6-9-17(11-10-16(4)5)13-14(7-2,8-3)12-15/h6-13H2,1-5H3. The zero-order valence-corrected chi connectivity index (χ0v) is 14.0. The molecule has 0 bridgehead atoms. The van der Waals surface area contributed by atoms with Gasteiger partial charge in [-0.05, 0) is 45.3 Å². The molecule has 0 aliphatic heterocycles. The Morgan fingerprint density at radius 3 is 1.88 bits per heavy atom. The van der Waals surface area contributed by atoms with Gasteiger partial charge in [0, 0.05) is 25.0 Å². The smallest absolute Gasteiger partial charge is 0.0109 e. The molecule has 0 unspecified atom stereocenters. The summed E-state index contributed by atoms with van der Waals surface area (Å²) < 4.78 is 0. The molecule has 0 N–H and O–H groups in total. The van der Waals surface area contributed by atoms with Gasteiger partial charge in [0.15, 0.2) is 0 Å². The van der Waals surface area contributed by atoms with Crippen molar-refractivity contribution in [1.82, 2.24) is 9.80 Å². The molecule has 2 nitrogen and oxygen atoms in total. The van der Waals surface area contributed by atoms with Crippen molar-refractivity contribution in [2.45, 2.75) is 40.0 Å². The first-order valence-electron chi connectivity index (χ1n) is 6.96. The number of halogens is 1. The summed E-state index contributed by atoms with van der Waals surface area (Å²) in [6, 6.07) is 0. The maximum Gasteiger partial charge on any atom is 0.0109 e. The third kappa shape index (κ3) is 6.78. The molecule has 0 fully saturated rings. The van der Waals surface area contributed by atoms with Crippen LogP contribution in [0.15, 0.2) is 0 Å². The number of hydrogen-bond donors (Lipinski definition) is 0. The molecule has 0 radical (unpaired) electrons. The summed E-state index contributed by atoms with van der Waals surface area (Å²) in [6.07, 6.45) is 3.77. The van der Waals surface area contributed by atoms with Crippen LogP contribution in [0.2, 0.25) is 0 Å². The molecule has 0 saturated carbocycles. The average molecular weight is 307 g/mol. The zero-order chi connectivity index (χ0) is 13.3. The summed E-state index contributed by atoms with van der Waals surface area (Å²) in [4.78, 5) is 4.91. The van der Waals surface area contributed by atoms with Crippen LogP contribution in [0.1, 0.15) is 40.0 Å².